The number of nitrogens with one attached hydrogen (secondary N) is 1. The number of aromatic amines is 1. The lowest BCUT2D eigenvalue weighted by atomic mass is 9.97. The molecule has 1 aromatic heterocycles. The first-order valence-electron chi connectivity index (χ1n) is 23.8. The van der Waals surface area contributed by atoms with Crippen LogP contribution in [-0.4, -0.2) is 119 Å². The van der Waals surface area contributed by atoms with Gasteiger partial charge in [0.1, 0.15) is 31.5 Å². The van der Waals surface area contributed by atoms with Gasteiger partial charge in [0.15, 0.2) is 30.8 Å². The summed E-state index contributed by atoms with van der Waals surface area (Å²) in [6.45, 7) is 16.5. The zero-order valence-electron chi connectivity index (χ0n) is 40.8. The summed E-state index contributed by atoms with van der Waals surface area (Å²) >= 11 is 0. The van der Waals surface area contributed by atoms with Gasteiger partial charge in [-0.1, -0.05) is 79.7 Å². The molecule has 2 aliphatic rings. The van der Waals surface area contributed by atoms with E-state index in [-0.39, 0.29) is 53.9 Å². The van der Waals surface area contributed by atoms with Crippen molar-refractivity contribution in [2.45, 2.75) is 108 Å². The first kappa shape index (κ1) is 53.9. The molecule has 2 saturated heterocycles. The normalized spacial score (nSPS) is 23.1. The Labute approximate surface area is 423 Å². The number of hydrogen-bond donors (Lipinski definition) is 1. The van der Waals surface area contributed by atoms with Gasteiger partial charge in [0.2, 0.25) is 6.54 Å². The van der Waals surface area contributed by atoms with Gasteiger partial charge in [0.05, 0.1) is 28.4 Å². The van der Waals surface area contributed by atoms with Crippen LogP contribution in [0, 0.1) is 6.57 Å². The minimum Gasteiger partial charge on any atom is -0.459 e. The third-order valence-corrected chi connectivity index (χ3v) is 13.8. The van der Waals surface area contributed by atoms with Crippen molar-refractivity contribution in [1.29, 1.82) is 0 Å². The summed E-state index contributed by atoms with van der Waals surface area (Å²) in [6.07, 6.45) is -12.0. The largest absolute Gasteiger partial charge is 0.459 e. The van der Waals surface area contributed by atoms with Crippen molar-refractivity contribution in [2.75, 3.05) is 19.8 Å². The fourth-order valence-corrected chi connectivity index (χ4v) is 10.1. The van der Waals surface area contributed by atoms with E-state index < -0.39 is 106 Å². The van der Waals surface area contributed by atoms with Crippen LogP contribution in [0.1, 0.15) is 88.7 Å². The highest BCUT2D eigenvalue weighted by atomic mass is 31.2. The van der Waals surface area contributed by atoms with E-state index >= 15 is 0 Å². The number of ether oxygens (including phenoxy) is 7. The Morgan fingerprint density at radius 2 is 1.15 bits per heavy atom. The van der Waals surface area contributed by atoms with E-state index in [1.807, 2.05) is 39.3 Å². The van der Waals surface area contributed by atoms with Crippen LogP contribution in [-0.2, 0) is 42.2 Å². The van der Waals surface area contributed by atoms with E-state index in [1.54, 1.807) is 72.8 Å². The van der Waals surface area contributed by atoms with E-state index in [1.165, 1.54) is 54.7 Å². The molecule has 5 aromatic rings. The summed E-state index contributed by atoms with van der Waals surface area (Å²) < 4.78 is 61.4. The third-order valence-electron chi connectivity index (χ3n) is 11.7. The number of benzene rings is 4. The number of esters is 4. The minimum absolute atomic E-state index is 0.00796. The Morgan fingerprint density at radius 1 is 0.658 bits per heavy atom. The fourth-order valence-electron chi connectivity index (χ4n) is 8.35. The van der Waals surface area contributed by atoms with Gasteiger partial charge in [-0.3, -0.25) is 14.3 Å². The number of nitrogens with zero attached hydrogens (tertiary/aromatic N) is 3. The molecular formula is C53H57N4O15P. The Balaban J connectivity index is 1.40. The molecule has 20 heteroatoms. The maximum Gasteiger partial charge on any atom is 0.338 e. The summed E-state index contributed by atoms with van der Waals surface area (Å²) in [5.74, 6) is -3.53. The second kappa shape index (κ2) is 25.7. The first-order chi connectivity index (χ1) is 35.3. The number of H-pyrrole nitrogens is 1. The van der Waals surface area contributed by atoms with Gasteiger partial charge in [-0.25, -0.2) is 35.2 Å². The fraction of sp³-hybridized carbons (Fsp3) is 0.377. The molecule has 0 radical (unpaired) electrons. The van der Waals surface area contributed by atoms with Gasteiger partial charge in [0.25, 0.3) is 14.1 Å². The number of rotatable bonds is 21. The highest BCUT2D eigenvalue weighted by molar-refractivity contribution is 7.44. The van der Waals surface area contributed by atoms with E-state index in [0.29, 0.717) is 0 Å². The monoisotopic (exact) mass is 1020 g/mol. The van der Waals surface area contributed by atoms with Crippen LogP contribution in [0.25, 0.3) is 4.85 Å². The molecule has 3 heterocycles. The lowest BCUT2D eigenvalue weighted by molar-refractivity contribution is -0.317. The van der Waals surface area contributed by atoms with Crippen LogP contribution in [0.5, 0.6) is 0 Å². The molecule has 2 aliphatic heterocycles. The molecule has 384 valence electrons. The number of aromatic nitrogens is 2. The molecule has 10 atom stereocenters. The highest BCUT2D eigenvalue weighted by Gasteiger charge is 2.57. The molecule has 4 aromatic carbocycles. The topological polar surface area (TPSA) is 214 Å². The van der Waals surface area contributed by atoms with Crippen molar-refractivity contribution in [3.63, 3.8) is 0 Å². The van der Waals surface area contributed by atoms with Crippen LogP contribution in [0.4, 0.5) is 0 Å². The lowest BCUT2D eigenvalue weighted by Crippen LogP contribution is -2.64. The van der Waals surface area contributed by atoms with Crippen molar-refractivity contribution in [1.82, 2.24) is 14.2 Å². The van der Waals surface area contributed by atoms with Crippen LogP contribution < -0.4 is 11.2 Å². The smallest absolute Gasteiger partial charge is 0.338 e. The molecule has 0 spiro atoms. The second-order valence-corrected chi connectivity index (χ2v) is 18.8. The van der Waals surface area contributed by atoms with Crippen LogP contribution in [0.15, 0.2) is 143 Å². The number of hydrogen-bond acceptors (Lipinski definition) is 16. The van der Waals surface area contributed by atoms with E-state index in [2.05, 4.69) is 9.83 Å². The molecule has 0 aliphatic carbocycles. The van der Waals surface area contributed by atoms with Gasteiger partial charge >= 0.3 is 29.6 Å². The Hall–Kier alpha value is -6.88. The van der Waals surface area contributed by atoms with Crippen molar-refractivity contribution < 1.29 is 61.4 Å². The van der Waals surface area contributed by atoms with Crippen molar-refractivity contribution in [2.24, 2.45) is 0 Å². The SMILES string of the molecule is [C-]#[N+]CCOP(OC1C(CC)OC(n2ccc(=O)[nH]c2=O)C1OC1OC(COC(=O)c2ccccc2)C(OC(=O)c2ccccc2)C(OC(=O)c2ccccc2)C1OC(=O)c1ccccc1)N(C(C)C)C(C)C. The maximum atomic E-state index is 14.4. The Bertz CT molecular complexity index is 2770. The number of carbonyl (C=O) groups is 4. The van der Waals surface area contributed by atoms with Gasteiger partial charge in [-0.05, 0) is 82.6 Å². The van der Waals surface area contributed by atoms with Crippen molar-refractivity contribution in [3.8, 4) is 0 Å². The van der Waals surface area contributed by atoms with Gasteiger partial charge < -0.3 is 47.1 Å². The predicted octanol–water partition coefficient (Wildman–Crippen LogP) is 7.15. The molecule has 10 unspecified atom stereocenters. The zero-order chi connectivity index (χ0) is 52.0. The van der Waals surface area contributed by atoms with Gasteiger partial charge in [-0.2, -0.15) is 0 Å². The Morgan fingerprint density at radius 3 is 1.63 bits per heavy atom. The zero-order valence-corrected chi connectivity index (χ0v) is 41.7. The first-order valence-corrected chi connectivity index (χ1v) is 24.9. The molecule has 19 nitrogen and oxygen atoms in total. The molecule has 0 saturated carbocycles. The Kier molecular flexibility index (Phi) is 19.0. The number of carbonyl (C=O) groups excluding carboxylic acids is 4. The summed E-state index contributed by atoms with van der Waals surface area (Å²) in [5, 5.41) is 0. The molecule has 1 N–H and O–H groups in total. The molecule has 0 bridgehead atoms. The van der Waals surface area contributed by atoms with Crippen LogP contribution in [0.2, 0.25) is 0 Å². The van der Waals surface area contributed by atoms with Crippen molar-refractivity contribution >= 4 is 32.4 Å². The average molecular weight is 1020 g/mol. The molecule has 2 fully saturated rings. The maximum absolute atomic E-state index is 14.4. The van der Waals surface area contributed by atoms with Gasteiger partial charge in [0, 0.05) is 24.3 Å². The van der Waals surface area contributed by atoms with E-state index in [4.69, 9.17) is 48.8 Å². The van der Waals surface area contributed by atoms with E-state index in [0.717, 1.165) is 10.6 Å². The molecule has 7 rings (SSSR count). The molecule has 0 amide bonds. The average Bonchev–Trinajstić information content (AvgIpc) is 3.73. The molecular weight excluding hydrogens is 964 g/mol. The lowest BCUT2D eigenvalue weighted by Gasteiger charge is -2.45. The third kappa shape index (κ3) is 13.6. The highest BCUT2D eigenvalue weighted by Crippen LogP contribution is 2.51. The summed E-state index contributed by atoms with van der Waals surface area (Å²) in [7, 11) is -2.02. The van der Waals surface area contributed by atoms with Crippen molar-refractivity contribution in [3.05, 3.63) is 188 Å². The van der Waals surface area contributed by atoms with E-state index in [9.17, 15) is 28.8 Å². The second-order valence-electron chi connectivity index (χ2n) is 17.4. The summed E-state index contributed by atoms with van der Waals surface area (Å²) in [4.78, 5) is 88.4. The quantitative estimate of drug-likeness (QED) is 0.0254. The summed E-state index contributed by atoms with van der Waals surface area (Å²) in [5.41, 5.74) is -1.12. The minimum atomic E-state index is -2.02. The standard InChI is InChI=1S/C53H57N4O15P/c1-7-39-43(72-73(65-31-29-54-6)57(33(2)3)34(4)5)45(47(66-39)56-30-28-41(58)55-53(56)63)71-52-46(70-51(62)38-26-18-11-19-27-38)44(69-50(61)37-24-16-10-17-25-37)42(68-49(60)36-22-14-9-15-23-36)40(67-52)32-64-48(59)35-20-12-8-13-21-35/h8-28,30,33-34,39-40,42-47,52H,7,29,31-32H2,1-5H3,(H,55,58,63). The predicted molar refractivity (Wildman–Crippen MR) is 264 cm³/mol. The van der Waals surface area contributed by atoms with Gasteiger partial charge in [-0.15, -0.1) is 0 Å². The molecule has 73 heavy (non-hydrogen) atoms. The van der Waals surface area contributed by atoms with Crippen LogP contribution >= 0.6 is 8.53 Å². The van der Waals surface area contributed by atoms with Crippen LogP contribution in [0.3, 0.4) is 0 Å². The summed E-state index contributed by atoms with van der Waals surface area (Å²) in [6, 6.07) is 32.7.